The molecule has 0 amide bonds. The molecule has 0 bridgehead atoms. The second kappa shape index (κ2) is 6.59. The maximum Gasteiger partial charge on any atom is 0.242 e. The third-order valence-corrected chi connectivity index (χ3v) is 5.64. The summed E-state index contributed by atoms with van der Waals surface area (Å²) in [5.74, 6) is 0.643. The molecule has 1 aromatic rings. The number of anilines is 1. The molecule has 1 aliphatic rings. The van der Waals surface area contributed by atoms with E-state index in [4.69, 9.17) is 0 Å². The van der Waals surface area contributed by atoms with Crippen molar-refractivity contribution in [1.29, 1.82) is 0 Å². The predicted octanol–water partition coefficient (Wildman–Crippen LogP) is 2.98. The van der Waals surface area contributed by atoms with Gasteiger partial charge in [-0.25, -0.2) is 13.1 Å². The van der Waals surface area contributed by atoms with Crippen molar-refractivity contribution in [2.45, 2.75) is 50.5 Å². The lowest BCUT2D eigenvalue weighted by atomic mass is 10.0. The van der Waals surface area contributed by atoms with Crippen molar-refractivity contribution < 1.29 is 8.42 Å². The van der Waals surface area contributed by atoms with E-state index in [-0.39, 0.29) is 0 Å². The van der Waals surface area contributed by atoms with E-state index in [1.807, 2.05) is 12.1 Å². The minimum absolute atomic E-state index is 0.351. The standard InChI is InChI=1S/C15H24N2O2S/c1-3-12-8-7-10-13(12)17-14-9-5-6-11-15(14)20(18,19)16-4-2/h5-6,9,11-13,16-17H,3-4,7-8,10H2,1-2H3. The number of hydrogen-bond donors (Lipinski definition) is 2. The number of para-hydroxylation sites is 1. The van der Waals surface area contributed by atoms with Crippen molar-refractivity contribution in [2.24, 2.45) is 5.92 Å². The Morgan fingerprint density at radius 2 is 1.95 bits per heavy atom. The Morgan fingerprint density at radius 1 is 1.20 bits per heavy atom. The molecule has 2 atom stereocenters. The average molecular weight is 296 g/mol. The van der Waals surface area contributed by atoms with Crippen molar-refractivity contribution in [3.63, 3.8) is 0 Å². The molecule has 4 nitrogen and oxygen atoms in total. The van der Waals surface area contributed by atoms with Gasteiger partial charge in [-0.05, 0) is 30.9 Å². The van der Waals surface area contributed by atoms with Gasteiger partial charge in [-0.3, -0.25) is 0 Å². The molecule has 5 heteroatoms. The van der Waals surface area contributed by atoms with Crippen LogP contribution in [0.3, 0.4) is 0 Å². The summed E-state index contributed by atoms with van der Waals surface area (Å²) in [5, 5.41) is 3.46. The number of hydrogen-bond acceptors (Lipinski definition) is 3. The number of benzene rings is 1. The van der Waals surface area contributed by atoms with Crippen LogP contribution in [-0.4, -0.2) is 21.0 Å². The Kier molecular flexibility index (Phi) is 5.05. The van der Waals surface area contributed by atoms with E-state index in [1.54, 1.807) is 19.1 Å². The molecule has 1 saturated carbocycles. The molecule has 112 valence electrons. The number of nitrogens with one attached hydrogen (secondary N) is 2. The highest BCUT2D eigenvalue weighted by molar-refractivity contribution is 7.89. The Bertz CT molecular complexity index is 543. The molecule has 2 rings (SSSR count). The first-order chi connectivity index (χ1) is 9.58. The maximum absolute atomic E-state index is 12.2. The second-order valence-electron chi connectivity index (χ2n) is 5.35. The highest BCUT2D eigenvalue weighted by Crippen LogP contribution is 2.32. The topological polar surface area (TPSA) is 58.2 Å². The molecule has 0 aromatic heterocycles. The van der Waals surface area contributed by atoms with E-state index in [0.717, 1.165) is 18.5 Å². The molecule has 1 aromatic carbocycles. The van der Waals surface area contributed by atoms with Crippen LogP contribution in [0.4, 0.5) is 5.69 Å². The van der Waals surface area contributed by atoms with Gasteiger partial charge in [-0.1, -0.05) is 38.8 Å². The van der Waals surface area contributed by atoms with Gasteiger partial charge >= 0.3 is 0 Å². The molecule has 2 N–H and O–H groups in total. The summed E-state index contributed by atoms with van der Waals surface area (Å²) < 4.78 is 27.0. The van der Waals surface area contributed by atoms with E-state index in [1.165, 1.54) is 12.8 Å². The quantitative estimate of drug-likeness (QED) is 0.848. The molecule has 1 aliphatic carbocycles. The van der Waals surface area contributed by atoms with Gasteiger partial charge in [0.15, 0.2) is 0 Å². The Labute approximate surface area is 122 Å². The lowest BCUT2D eigenvalue weighted by molar-refractivity contribution is 0.488. The van der Waals surface area contributed by atoms with Crippen LogP contribution in [0.5, 0.6) is 0 Å². The van der Waals surface area contributed by atoms with Crippen LogP contribution in [0.1, 0.15) is 39.5 Å². The fraction of sp³-hybridized carbons (Fsp3) is 0.600. The van der Waals surface area contributed by atoms with Crippen LogP contribution in [-0.2, 0) is 10.0 Å². The van der Waals surface area contributed by atoms with Gasteiger partial charge in [0.05, 0.1) is 5.69 Å². The summed E-state index contributed by atoms with van der Waals surface area (Å²) in [5.41, 5.74) is 0.721. The summed E-state index contributed by atoms with van der Waals surface area (Å²) in [7, 11) is -3.42. The van der Waals surface area contributed by atoms with Crippen molar-refractivity contribution in [1.82, 2.24) is 4.72 Å². The van der Waals surface area contributed by atoms with Gasteiger partial charge in [0.2, 0.25) is 10.0 Å². The van der Waals surface area contributed by atoms with E-state index in [9.17, 15) is 8.42 Å². The predicted molar refractivity (Wildman–Crippen MR) is 82.3 cm³/mol. The van der Waals surface area contributed by atoms with E-state index in [0.29, 0.717) is 23.4 Å². The monoisotopic (exact) mass is 296 g/mol. The Morgan fingerprint density at radius 3 is 2.65 bits per heavy atom. The van der Waals surface area contributed by atoms with Crippen molar-refractivity contribution in [3.8, 4) is 0 Å². The third kappa shape index (κ3) is 3.33. The molecule has 0 aliphatic heterocycles. The van der Waals surface area contributed by atoms with Crippen molar-refractivity contribution in [3.05, 3.63) is 24.3 Å². The summed E-state index contributed by atoms with van der Waals surface area (Å²) in [4.78, 5) is 0.351. The van der Waals surface area contributed by atoms with Crippen LogP contribution in [0.25, 0.3) is 0 Å². The normalized spacial score (nSPS) is 22.9. The Balaban J connectivity index is 2.24. The van der Waals surface area contributed by atoms with Gasteiger partial charge in [0, 0.05) is 12.6 Å². The highest BCUT2D eigenvalue weighted by Gasteiger charge is 2.27. The fourth-order valence-electron chi connectivity index (χ4n) is 3.00. The average Bonchev–Trinajstić information content (AvgIpc) is 2.86. The highest BCUT2D eigenvalue weighted by atomic mass is 32.2. The number of rotatable bonds is 6. The van der Waals surface area contributed by atoms with E-state index in [2.05, 4.69) is 17.0 Å². The first kappa shape index (κ1) is 15.3. The molecular formula is C15H24N2O2S. The smallest absolute Gasteiger partial charge is 0.242 e. The van der Waals surface area contributed by atoms with Crippen LogP contribution >= 0.6 is 0 Å². The maximum atomic E-state index is 12.2. The summed E-state index contributed by atoms with van der Waals surface area (Å²) in [6.07, 6.45) is 4.71. The van der Waals surface area contributed by atoms with Crippen LogP contribution in [0.15, 0.2) is 29.2 Å². The van der Waals surface area contributed by atoms with Gasteiger partial charge in [0.25, 0.3) is 0 Å². The number of sulfonamides is 1. The lowest BCUT2D eigenvalue weighted by Crippen LogP contribution is -2.27. The van der Waals surface area contributed by atoms with Crippen LogP contribution in [0.2, 0.25) is 0 Å². The summed E-state index contributed by atoms with van der Waals surface area (Å²) in [6, 6.07) is 7.55. The molecule has 0 heterocycles. The molecule has 0 saturated heterocycles. The molecule has 0 spiro atoms. The molecule has 1 fully saturated rings. The summed E-state index contributed by atoms with van der Waals surface area (Å²) in [6.45, 7) is 4.39. The zero-order valence-corrected chi connectivity index (χ0v) is 13.0. The lowest BCUT2D eigenvalue weighted by Gasteiger charge is -2.22. The minimum atomic E-state index is -3.42. The van der Waals surface area contributed by atoms with Crippen molar-refractivity contribution >= 4 is 15.7 Å². The van der Waals surface area contributed by atoms with Crippen LogP contribution < -0.4 is 10.0 Å². The largest absolute Gasteiger partial charge is 0.381 e. The zero-order valence-electron chi connectivity index (χ0n) is 12.2. The molecular weight excluding hydrogens is 272 g/mol. The van der Waals surface area contributed by atoms with E-state index < -0.39 is 10.0 Å². The first-order valence-electron chi connectivity index (χ1n) is 7.43. The van der Waals surface area contributed by atoms with Gasteiger partial charge < -0.3 is 5.32 Å². The molecule has 0 radical (unpaired) electrons. The zero-order chi connectivity index (χ0) is 14.6. The molecule has 2 unspecified atom stereocenters. The van der Waals surface area contributed by atoms with Crippen LogP contribution in [0, 0.1) is 5.92 Å². The SMILES string of the molecule is CCNS(=O)(=O)c1ccccc1NC1CCCC1CC. The van der Waals surface area contributed by atoms with Gasteiger partial charge in [0.1, 0.15) is 4.90 Å². The third-order valence-electron chi connectivity index (χ3n) is 4.04. The van der Waals surface area contributed by atoms with Crippen molar-refractivity contribution in [2.75, 3.05) is 11.9 Å². The second-order valence-corrected chi connectivity index (χ2v) is 7.08. The fourth-order valence-corrected chi connectivity index (χ4v) is 4.21. The first-order valence-corrected chi connectivity index (χ1v) is 8.92. The minimum Gasteiger partial charge on any atom is -0.381 e. The Hall–Kier alpha value is -1.07. The van der Waals surface area contributed by atoms with E-state index >= 15 is 0 Å². The van der Waals surface area contributed by atoms with Gasteiger partial charge in [-0.15, -0.1) is 0 Å². The molecule has 20 heavy (non-hydrogen) atoms. The van der Waals surface area contributed by atoms with Gasteiger partial charge in [-0.2, -0.15) is 0 Å². The summed E-state index contributed by atoms with van der Waals surface area (Å²) >= 11 is 0.